The zero-order chi connectivity index (χ0) is 25.7. The average molecular weight is 513 g/mol. The number of nitrogens with one attached hydrogen (secondary N) is 1. The Morgan fingerprint density at radius 1 is 0.865 bits per heavy atom. The summed E-state index contributed by atoms with van der Waals surface area (Å²) in [4.78, 5) is 43.1. The lowest BCUT2D eigenvalue weighted by molar-refractivity contribution is -0.146. The van der Waals surface area contributed by atoms with Crippen LogP contribution in [0.5, 0.6) is 5.75 Å². The molecule has 1 N–H and O–H groups in total. The van der Waals surface area contributed by atoms with Crippen LogP contribution in [-0.2, 0) is 14.4 Å². The van der Waals surface area contributed by atoms with Crippen LogP contribution in [0.25, 0.3) is 0 Å². The maximum atomic E-state index is 14.1. The van der Waals surface area contributed by atoms with Gasteiger partial charge in [-0.05, 0) is 64.9 Å². The predicted molar refractivity (Wildman–Crippen MR) is 144 cm³/mol. The van der Waals surface area contributed by atoms with Gasteiger partial charge in [0.1, 0.15) is 11.8 Å². The molecule has 7 rings (SSSR count). The first kappa shape index (κ1) is 23.8. The van der Waals surface area contributed by atoms with Crippen molar-refractivity contribution in [3.63, 3.8) is 0 Å². The molecule has 0 spiro atoms. The third-order valence-electron chi connectivity index (χ3n) is 8.05. The van der Waals surface area contributed by atoms with Crippen molar-refractivity contribution >= 4 is 35.2 Å². The van der Waals surface area contributed by atoms with Gasteiger partial charge in [0.15, 0.2) is 0 Å². The van der Waals surface area contributed by atoms with Crippen LogP contribution in [0.1, 0.15) is 40.5 Å². The Labute approximate surface area is 220 Å². The highest BCUT2D eigenvalue weighted by atomic mass is 32.2. The number of anilines is 1. The minimum Gasteiger partial charge on any atom is -0.497 e. The fourth-order valence-electron chi connectivity index (χ4n) is 6.51. The Balaban J connectivity index is 1.37. The summed E-state index contributed by atoms with van der Waals surface area (Å²) in [6.45, 7) is 0. The quantitative estimate of drug-likeness (QED) is 0.467. The molecular weight excluding hydrogens is 484 g/mol. The number of hydrogen-bond donors (Lipinski definition) is 1. The van der Waals surface area contributed by atoms with E-state index in [0.29, 0.717) is 23.6 Å². The fourth-order valence-corrected chi connectivity index (χ4v) is 6.97. The van der Waals surface area contributed by atoms with Crippen LogP contribution < -0.4 is 10.1 Å². The first-order valence-electron chi connectivity index (χ1n) is 12.5. The average Bonchev–Trinajstić information content (AvgIpc) is 3.19. The molecule has 3 amide bonds. The summed E-state index contributed by atoms with van der Waals surface area (Å²) in [5.41, 5.74) is 5.09. The van der Waals surface area contributed by atoms with E-state index in [4.69, 9.17) is 4.74 Å². The third kappa shape index (κ3) is 3.67. The zero-order valence-electron chi connectivity index (χ0n) is 20.7. The minimum atomic E-state index is -0.870. The van der Waals surface area contributed by atoms with Crippen molar-refractivity contribution in [2.45, 2.75) is 24.3 Å². The molecule has 3 aromatic rings. The van der Waals surface area contributed by atoms with Crippen LogP contribution >= 0.6 is 11.8 Å². The SMILES string of the molecule is COc1ccc(NC(=O)[C@@H](CCSC)N2C(=O)[C@@H]3C4c5ccccc5C(c5ccccc54)[C@@H]3C2=O)cc1. The molecule has 0 saturated carbocycles. The zero-order valence-corrected chi connectivity index (χ0v) is 21.5. The Hall–Kier alpha value is -3.58. The van der Waals surface area contributed by atoms with Crippen LogP contribution in [0.3, 0.4) is 0 Å². The Morgan fingerprint density at radius 3 is 1.78 bits per heavy atom. The number of benzene rings is 3. The lowest BCUT2D eigenvalue weighted by Gasteiger charge is -2.45. The number of imide groups is 1. The number of ether oxygens (including phenoxy) is 1. The largest absolute Gasteiger partial charge is 0.497 e. The molecule has 7 heteroatoms. The number of hydrogen-bond acceptors (Lipinski definition) is 5. The number of nitrogens with zero attached hydrogens (tertiary/aromatic N) is 1. The van der Waals surface area contributed by atoms with Crippen molar-refractivity contribution in [3.8, 4) is 5.75 Å². The minimum absolute atomic E-state index is 0.185. The van der Waals surface area contributed by atoms with E-state index in [9.17, 15) is 14.4 Å². The van der Waals surface area contributed by atoms with Gasteiger partial charge in [0.05, 0.1) is 18.9 Å². The smallest absolute Gasteiger partial charge is 0.247 e. The molecular formula is C30H28N2O4S. The molecule has 0 radical (unpaired) electrons. The second kappa shape index (κ2) is 9.38. The molecule has 3 atom stereocenters. The molecule has 6 nitrogen and oxygen atoms in total. The van der Waals surface area contributed by atoms with Crippen LogP contribution in [0.15, 0.2) is 72.8 Å². The lowest BCUT2D eigenvalue weighted by Crippen LogP contribution is -2.48. The van der Waals surface area contributed by atoms with Gasteiger partial charge in [0.2, 0.25) is 17.7 Å². The standard InChI is InChI=1S/C30H28N2O4S/c1-36-18-13-11-17(12-14-18)31-28(33)23(15-16-37-2)32-29(34)26-24-19-7-3-4-8-20(19)25(27(26)30(32)35)22-10-6-5-9-21(22)24/h3-14,23-27H,15-16H2,1-2H3,(H,31,33)/t23-,24?,25?,26-,27+/m1/s1. The van der Waals surface area contributed by atoms with Gasteiger partial charge in [-0.1, -0.05) is 48.5 Å². The normalized spacial score (nSPS) is 23.8. The van der Waals surface area contributed by atoms with E-state index in [1.54, 1.807) is 43.1 Å². The van der Waals surface area contributed by atoms with Crippen molar-refractivity contribution in [2.24, 2.45) is 11.8 Å². The first-order valence-corrected chi connectivity index (χ1v) is 13.9. The van der Waals surface area contributed by atoms with E-state index in [1.165, 1.54) is 4.90 Å². The number of methoxy groups -OCH3 is 1. The molecule has 4 aliphatic rings. The molecule has 1 fully saturated rings. The molecule has 0 aromatic heterocycles. The Bertz CT molecular complexity index is 1270. The topological polar surface area (TPSA) is 75.7 Å². The van der Waals surface area contributed by atoms with E-state index < -0.39 is 17.9 Å². The van der Waals surface area contributed by atoms with Gasteiger partial charge in [-0.3, -0.25) is 19.3 Å². The number of rotatable bonds is 7. The van der Waals surface area contributed by atoms with Gasteiger partial charge in [0, 0.05) is 17.5 Å². The molecule has 37 heavy (non-hydrogen) atoms. The predicted octanol–water partition coefficient (Wildman–Crippen LogP) is 4.65. The Morgan fingerprint density at radius 2 is 1.35 bits per heavy atom. The molecule has 1 aliphatic heterocycles. The molecule has 3 aliphatic carbocycles. The second-order valence-electron chi connectivity index (χ2n) is 9.83. The van der Waals surface area contributed by atoms with Crippen LogP contribution in [0.2, 0.25) is 0 Å². The maximum absolute atomic E-state index is 14.1. The van der Waals surface area contributed by atoms with E-state index >= 15 is 0 Å². The van der Waals surface area contributed by atoms with Crippen LogP contribution in [-0.4, -0.2) is 47.8 Å². The van der Waals surface area contributed by atoms with Crippen molar-refractivity contribution in [1.29, 1.82) is 0 Å². The molecule has 0 unspecified atom stereocenters. The third-order valence-corrected chi connectivity index (χ3v) is 8.69. The highest BCUT2D eigenvalue weighted by Crippen LogP contribution is 2.61. The molecule has 1 heterocycles. The summed E-state index contributed by atoms with van der Waals surface area (Å²) in [6, 6.07) is 22.5. The highest BCUT2D eigenvalue weighted by molar-refractivity contribution is 7.98. The van der Waals surface area contributed by atoms with Crippen molar-refractivity contribution in [2.75, 3.05) is 24.4 Å². The maximum Gasteiger partial charge on any atom is 0.247 e. The van der Waals surface area contributed by atoms with Gasteiger partial charge in [0.25, 0.3) is 0 Å². The number of amides is 3. The lowest BCUT2D eigenvalue weighted by atomic mass is 9.55. The van der Waals surface area contributed by atoms with Gasteiger partial charge < -0.3 is 10.1 Å². The van der Waals surface area contributed by atoms with Crippen molar-refractivity contribution in [3.05, 3.63) is 95.1 Å². The summed E-state index contributed by atoms with van der Waals surface area (Å²) in [5.74, 6) is -0.831. The molecule has 2 bridgehead atoms. The van der Waals surface area contributed by atoms with E-state index in [1.807, 2.05) is 30.5 Å². The fraction of sp³-hybridized carbons (Fsp3) is 0.300. The van der Waals surface area contributed by atoms with Crippen molar-refractivity contribution in [1.82, 2.24) is 4.90 Å². The van der Waals surface area contributed by atoms with Crippen LogP contribution in [0.4, 0.5) is 5.69 Å². The highest BCUT2D eigenvalue weighted by Gasteiger charge is 2.62. The summed E-state index contributed by atoms with van der Waals surface area (Å²) in [6.07, 6.45) is 2.36. The monoisotopic (exact) mass is 512 g/mol. The van der Waals surface area contributed by atoms with Gasteiger partial charge >= 0.3 is 0 Å². The summed E-state index contributed by atoms with van der Waals surface area (Å²) < 4.78 is 5.20. The second-order valence-corrected chi connectivity index (χ2v) is 10.8. The number of thioether (sulfide) groups is 1. The number of carbonyl (C=O) groups excluding carboxylic acids is 3. The van der Waals surface area contributed by atoms with Gasteiger partial charge in [-0.2, -0.15) is 11.8 Å². The Kier molecular flexibility index (Phi) is 6.03. The molecule has 1 saturated heterocycles. The van der Waals surface area contributed by atoms with Crippen LogP contribution in [0, 0.1) is 11.8 Å². The first-order chi connectivity index (χ1) is 18.0. The molecule has 188 valence electrons. The van der Waals surface area contributed by atoms with Gasteiger partial charge in [-0.15, -0.1) is 0 Å². The van der Waals surface area contributed by atoms with Crippen molar-refractivity contribution < 1.29 is 19.1 Å². The number of carbonyl (C=O) groups is 3. The van der Waals surface area contributed by atoms with E-state index in [0.717, 1.165) is 22.3 Å². The number of likely N-dealkylation sites (tertiary alicyclic amines) is 1. The summed E-state index contributed by atoms with van der Waals surface area (Å²) in [5, 5.41) is 2.92. The summed E-state index contributed by atoms with van der Waals surface area (Å²) in [7, 11) is 1.58. The van der Waals surface area contributed by atoms with Gasteiger partial charge in [-0.25, -0.2) is 0 Å². The van der Waals surface area contributed by atoms with E-state index in [-0.39, 0.29) is 29.6 Å². The van der Waals surface area contributed by atoms with E-state index in [2.05, 4.69) is 29.6 Å². The molecule has 3 aromatic carbocycles. The summed E-state index contributed by atoms with van der Waals surface area (Å²) >= 11 is 1.59.